The second-order valence-corrected chi connectivity index (χ2v) is 6.73. The molecule has 0 spiro atoms. The van der Waals surface area contributed by atoms with Crippen LogP contribution >= 0.6 is 12.2 Å². The minimum atomic E-state index is -0.388. The Morgan fingerprint density at radius 1 is 0.923 bits per heavy atom. The van der Waals surface area contributed by atoms with Crippen LogP contribution in [0.25, 0.3) is 0 Å². The fraction of sp³-hybridized carbons (Fsp3) is 0.444. The molecule has 1 fully saturated rings. The number of thiocarbonyl (C=S) groups is 1. The number of anilines is 1. The molecule has 0 aliphatic heterocycles. The fourth-order valence-electron chi connectivity index (χ4n) is 2.85. The second kappa shape index (κ2) is 10.5. The van der Waals surface area contributed by atoms with Crippen molar-refractivity contribution >= 4 is 40.7 Å². The number of amides is 3. The maximum atomic E-state index is 11.8. The van der Waals surface area contributed by atoms with Crippen LogP contribution in [0.1, 0.15) is 44.9 Å². The predicted molar refractivity (Wildman–Crippen MR) is 103 cm³/mol. The highest BCUT2D eigenvalue weighted by molar-refractivity contribution is 7.80. The van der Waals surface area contributed by atoms with Crippen molar-refractivity contribution in [1.82, 2.24) is 16.2 Å². The van der Waals surface area contributed by atoms with Crippen molar-refractivity contribution in [2.45, 2.75) is 44.9 Å². The maximum absolute atomic E-state index is 11.8. The van der Waals surface area contributed by atoms with Gasteiger partial charge < -0.3 is 10.6 Å². The molecule has 1 aliphatic rings. The molecule has 1 saturated carbocycles. The van der Waals surface area contributed by atoms with Gasteiger partial charge in [-0.3, -0.25) is 25.2 Å². The first-order valence-corrected chi connectivity index (χ1v) is 9.17. The highest BCUT2D eigenvalue weighted by Gasteiger charge is 2.18. The molecule has 0 atom stereocenters. The molecule has 8 heteroatoms. The first-order valence-electron chi connectivity index (χ1n) is 8.76. The van der Waals surface area contributed by atoms with Crippen LogP contribution in [-0.2, 0) is 14.4 Å². The molecule has 1 aromatic rings. The van der Waals surface area contributed by atoms with E-state index in [0.29, 0.717) is 18.0 Å². The van der Waals surface area contributed by atoms with Gasteiger partial charge in [-0.05, 0) is 43.1 Å². The standard InChI is InChI=1S/C18H24N4O3S/c23-15(19-14-8-2-1-3-9-14)10-11-16(24)21-22-18(26)20-17(25)12-13-6-4-5-7-13/h1-3,8-9,13H,4-7,10-12H2,(H,19,23)(H,21,24)(H2,20,22,25,26). The molecule has 140 valence electrons. The molecule has 3 amide bonds. The maximum Gasteiger partial charge on any atom is 0.238 e. The van der Waals surface area contributed by atoms with Gasteiger partial charge in [-0.1, -0.05) is 31.0 Å². The summed E-state index contributed by atoms with van der Waals surface area (Å²) in [7, 11) is 0. The zero-order chi connectivity index (χ0) is 18.8. The quantitative estimate of drug-likeness (QED) is 0.450. The molecule has 1 aliphatic carbocycles. The van der Waals surface area contributed by atoms with Gasteiger partial charge in [-0.2, -0.15) is 0 Å². The Balaban J connectivity index is 1.58. The van der Waals surface area contributed by atoms with E-state index in [1.165, 1.54) is 12.8 Å². The fourth-order valence-corrected chi connectivity index (χ4v) is 3.01. The van der Waals surface area contributed by atoms with E-state index in [1.807, 2.05) is 18.2 Å². The van der Waals surface area contributed by atoms with Crippen molar-refractivity contribution in [3.8, 4) is 0 Å². The number of hydrogen-bond donors (Lipinski definition) is 4. The van der Waals surface area contributed by atoms with E-state index in [0.717, 1.165) is 12.8 Å². The van der Waals surface area contributed by atoms with Gasteiger partial charge in [-0.25, -0.2) is 0 Å². The molecule has 0 unspecified atom stereocenters. The summed E-state index contributed by atoms with van der Waals surface area (Å²) in [5.41, 5.74) is 5.54. The average molecular weight is 376 g/mol. The summed E-state index contributed by atoms with van der Waals surface area (Å²) in [5, 5.41) is 5.30. The van der Waals surface area contributed by atoms with Crippen LogP contribution in [0.15, 0.2) is 30.3 Å². The molecule has 0 heterocycles. The topological polar surface area (TPSA) is 99.3 Å². The minimum absolute atomic E-state index is 0.00427. The van der Waals surface area contributed by atoms with E-state index < -0.39 is 0 Å². The zero-order valence-corrected chi connectivity index (χ0v) is 15.4. The number of hydrazine groups is 1. The summed E-state index contributed by atoms with van der Waals surface area (Å²) in [6.45, 7) is 0. The molecule has 4 N–H and O–H groups in total. The third kappa shape index (κ3) is 7.60. The van der Waals surface area contributed by atoms with E-state index in [-0.39, 0.29) is 35.7 Å². The average Bonchev–Trinajstić information content (AvgIpc) is 3.12. The van der Waals surface area contributed by atoms with Crippen LogP contribution in [0.5, 0.6) is 0 Å². The van der Waals surface area contributed by atoms with Crippen LogP contribution in [0.3, 0.4) is 0 Å². The number of carbonyl (C=O) groups is 3. The lowest BCUT2D eigenvalue weighted by molar-refractivity contribution is -0.124. The number of benzene rings is 1. The summed E-state index contributed by atoms with van der Waals surface area (Å²) in [4.78, 5) is 35.4. The van der Waals surface area contributed by atoms with Crippen LogP contribution in [0, 0.1) is 5.92 Å². The molecule has 0 saturated heterocycles. The monoisotopic (exact) mass is 376 g/mol. The lowest BCUT2D eigenvalue weighted by Gasteiger charge is -2.12. The van der Waals surface area contributed by atoms with Crippen molar-refractivity contribution in [3.63, 3.8) is 0 Å². The number of rotatable bonds is 6. The van der Waals surface area contributed by atoms with Crippen molar-refractivity contribution in [2.24, 2.45) is 5.92 Å². The summed E-state index contributed by atoms with van der Waals surface area (Å²) < 4.78 is 0. The number of nitrogens with one attached hydrogen (secondary N) is 4. The minimum Gasteiger partial charge on any atom is -0.326 e. The predicted octanol–water partition coefficient (Wildman–Crippen LogP) is 2.01. The summed E-state index contributed by atoms with van der Waals surface area (Å²) in [6.07, 6.45) is 5.01. The highest BCUT2D eigenvalue weighted by Crippen LogP contribution is 2.27. The van der Waals surface area contributed by atoms with Gasteiger partial charge in [0.1, 0.15) is 0 Å². The molecule has 0 radical (unpaired) electrons. The number of hydrogen-bond acceptors (Lipinski definition) is 4. The Morgan fingerprint density at radius 3 is 2.27 bits per heavy atom. The van der Waals surface area contributed by atoms with Gasteiger partial charge in [0.2, 0.25) is 17.7 Å². The van der Waals surface area contributed by atoms with Crippen molar-refractivity contribution in [3.05, 3.63) is 30.3 Å². The summed E-state index contributed by atoms with van der Waals surface area (Å²) >= 11 is 4.98. The van der Waals surface area contributed by atoms with Crippen molar-refractivity contribution in [1.29, 1.82) is 0 Å². The Morgan fingerprint density at radius 2 is 1.58 bits per heavy atom. The smallest absolute Gasteiger partial charge is 0.238 e. The van der Waals surface area contributed by atoms with E-state index in [1.54, 1.807) is 12.1 Å². The SMILES string of the molecule is O=C(CCC(=O)Nc1ccccc1)NNC(=S)NC(=O)CC1CCCC1. The third-order valence-electron chi connectivity index (χ3n) is 4.15. The second-order valence-electron chi connectivity index (χ2n) is 6.32. The van der Waals surface area contributed by atoms with Gasteiger partial charge in [-0.15, -0.1) is 0 Å². The molecular weight excluding hydrogens is 352 g/mol. The van der Waals surface area contributed by atoms with Crippen molar-refractivity contribution < 1.29 is 14.4 Å². The van der Waals surface area contributed by atoms with Gasteiger partial charge >= 0.3 is 0 Å². The van der Waals surface area contributed by atoms with Gasteiger partial charge in [0, 0.05) is 24.9 Å². The Hall–Kier alpha value is -2.48. The normalized spacial score (nSPS) is 13.7. The van der Waals surface area contributed by atoms with Crippen LogP contribution in [0.2, 0.25) is 0 Å². The first kappa shape index (κ1) is 19.8. The van der Waals surface area contributed by atoms with Crippen LogP contribution in [0.4, 0.5) is 5.69 Å². The third-order valence-corrected chi connectivity index (χ3v) is 4.36. The molecule has 26 heavy (non-hydrogen) atoms. The van der Waals surface area contributed by atoms with Crippen molar-refractivity contribution in [2.75, 3.05) is 5.32 Å². The van der Waals surface area contributed by atoms with E-state index in [4.69, 9.17) is 12.2 Å². The lowest BCUT2D eigenvalue weighted by atomic mass is 10.0. The van der Waals surface area contributed by atoms with E-state index in [9.17, 15) is 14.4 Å². The molecule has 0 aromatic heterocycles. The largest absolute Gasteiger partial charge is 0.326 e. The lowest BCUT2D eigenvalue weighted by Crippen LogP contribution is -2.48. The molecule has 0 bridgehead atoms. The Bertz CT molecular complexity index is 645. The number of carbonyl (C=O) groups excluding carboxylic acids is 3. The molecule has 2 rings (SSSR count). The van der Waals surface area contributed by atoms with Gasteiger partial charge in [0.05, 0.1) is 0 Å². The van der Waals surface area contributed by atoms with Crippen LogP contribution in [-0.4, -0.2) is 22.8 Å². The zero-order valence-electron chi connectivity index (χ0n) is 14.5. The Labute approximate surface area is 158 Å². The van der Waals surface area contributed by atoms with E-state index >= 15 is 0 Å². The van der Waals surface area contributed by atoms with Crippen LogP contribution < -0.4 is 21.5 Å². The van der Waals surface area contributed by atoms with Gasteiger partial charge in [0.15, 0.2) is 5.11 Å². The molecule has 1 aromatic carbocycles. The van der Waals surface area contributed by atoms with Gasteiger partial charge in [0.25, 0.3) is 0 Å². The first-order chi connectivity index (χ1) is 12.5. The number of para-hydroxylation sites is 1. The molecular formula is C18H24N4O3S. The summed E-state index contributed by atoms with van der Waals surface area (Å²) in [5.74, 6) is -0.360. The summed E-state index contributed by atoms with van der Waals surface area (Å²) in [6, 6.07) is 9.02. The highest BCUT2D eigenvalue weighted by atomic mass is 32.1. The Kier molecular flexibility index (Phi) is 8.01. The van der Waals surface area contributed by atoms with E-state index in [2.05, 4.69) is 21.5 Å². The molecule has 7 nitrogen and oxygen atoms in total.